The van der Waals surface area contributed by atoms with Crippen LogP contribution in [0.15, 0.2) is 41.0 Å². The van der Waals surface area contributed by atoms with Gasteiger partial charge >= 0.3 is 0 Å². The fourth-order valence-corrected chi connectivity index (χ4v) is 3.63. The predicted octanol–water partition coefficient (Wildman–Crippen LogP) is 3.93. The molecule has 0 radical (unpaired) electrons. The molecular weight excluding hydrogens is 331 g/mol. The van der Waals surface area contributed by atoms with Crippen LogP contribution in [0.4, 0.5) is 4.39 Å². The second-order valence-electron chi connectivity index (χ2n) is 6.84. The van der Waals surface area contributed by atoms with Crippen molar-refractivity contribution in [2.24, 2.45) is 11.1 Å². The molecule has 0 spiro atoms. The molecule has 4 nitrogen and oxygen atoms in total. The lowest BCUT2D eigenvalue weighted by atomic mass is 9.70. The molecule has 2 N–H and O–H groups in total. The second-order valence-corrected chi connectivity index (χ2v) is 7.25. The number of ether oxygens (including phenoxy) is 1. The molecule has 1 aromatic rings. The summed E-state index contributed by atoms with van der Waals surface area (Å²) in [6.45, 7) is 3.89. The molecule has 0 fully saturated rings. The number of rotatable bonds is 1. The first-order chi connectivity index (χ1) is 11.2. The van der Waals surface area contributed by atoms with Crippen molar-refractivity contribution in [2.75, 3.05) is 0 Å². The molecule has 1 heterocycles. The maximum Gasteiger partial charge on any atom is 0.205 e. The van der Waals surface area contributed by atoms with Crippen LogP contribution in [0.3, 0.4) is 0 Å². The predicted molar refractivity (Wildman–Crippen MR) is 87.1 cm³/mol. The van der Waals surface area contributed by atoms with Crippen molar-refractivity contribution in [3.8, 4) is 6.07 Å². The lowest BCUT2D eigenvalue weighted by molar-refractivity contribution is -0.119. The van der Waals surface area contributed by atoms with Crippen LogP contribution >= 0.6 is 11.6 Å². The molecule has 2 aliphatic rings. The molecule has 6 heteroatoms. The smallest absolute Gasteiger partial charge is 0.205 e. The summed E-state index contributed by atoms with van der Waals surface area (Å²) < 4.78 is 20.0. The number of allylic oxidation sites excluding steroid dienone is 3. The van der Waals surface area contributed by atoms with Crippen LogP contribution in [0.5, 0.6) is 0 Å². The van der Waals surface area contributed by atoms with Gasteiger partial charge < -0.3 is 10.5 Å². The molecular formula is C18H16ClFN2O2. The van der Waals surface area contributed by atoms with Crippen molar-refractivity contribution in [1.82, 2.24) is 0 Å². The normalized spacial score (nSPS) is 22.8. The quantitative estimate of drug-likeness (QED) is 0.835. The lowest BCUT2D eigenvalue weighted by Gasteiger charge is -2.37. The Labute approximate surface area is 144 Å². The highest BCUT2D eigenvalue weighted by atomic mass is 35.5. The van der Waals surface area contributed by atoms with Gasteiger partial charge in [0.2, 0.25) is 5.88 Å². The largest absolute Gasteiger partial charge is 0.444 e. The van der Waals surface area contributed by atoms with Crippen molar-refractivity contribution in [2.45, 2.75) is 32.6 Å². The number of Topliss-reactive ketones (excluding diaryl/α,β-unsaturated/α-hetero) is 1. The summed E-state index contributed by atoms with van der Waals surface area (Å²) >= 11 is 6.18. The van der Waals surface area contributed by atoms with Gasteiger partial charge in [0.25, 0.3) is 0 Å². The monoisotopic (exact) mass is 346 g/mol. The number of hydrogen-bond acceptors (Lipinski definition) is 4. The Morgan fingerprint density at radius 1 is 1.42 bits per heavy atom. The number of hydrogen-bond donors (Lipinski definition) is 1. The van der Waals surface area contributed by atoms with Crippen LogP contribution in [0.25, 0.3) is 0 Å². The SMILES string of the molecule is CC1(C)CC(=O)C2=C(C1)OC(N)=C(C#N)[C@H]2c1c(F)cccc1Cl. The zero-order chi connectivity index (χ0) is 17.6. The average molecular weight is 347 g/mol. The van der Waals surface area contributed by atoms with Crippen molar-refractivity contribution >= 4 is 17.4 Å². The summed E-state index contributed by atoms with van der Waals surface area (Å²) in [7, 11) is 0. The molecule has 24 heavy (non-hydrogen) atoms. The van der Waals surface area contributed by atoms with Crippen molar-refractivity contribution in [1.29, 1.82) is 5.26 Å². The third-order valence-corrected chi connectivity index (χ3v) is 4.69. The van der Waals surface area contributed by atoms with E-state index in [1.807, 2.05) is 19.9 Å². The van der Waals surface area contributed by atoms with Gasteiger partial charge in [0, 0.05) is 29.0 Å². The van der Waals surface area contributed by atoms with E-state index in [2.05, 4.69) is 0 Å². The average Bonchev–Trinajstić information content (AvgIpc) is 2.44. The number of nitrogens with zero attached hydrogens (tertiary/aromatic N) is 1. The van der Waals surface area contributed by atoms with Gasteiger partial charge in [-0.2, -0.15) is 5.26 Å². The standard InChI is InChI=1S/C18H16ClFN2O2/c1-18(2)6-12(23)16-13(7-18)24-17(22)9(8-21)14(16)15-10(19)4-3-5-11(15)20/h3-5,14H,6-7,22H2,1-2H3/t14-/m0/s1. The highest BCUT2D eigenvalue weighted by Gasteiger charge is 2.44. The molecule has 0 amide bonds. The highest BCUT2D eigenvalue weighted by molar-refractivity contribution is 6.31. The second kappa shape index (κ2) is 5.64. The van der Waals surface area contributed by atoms with Crippen molar-refractivity contribution in [3.63, 3.8) is 0 Å². The van der Waals surface area contributed by atoms with Crippen LogP contribution < -0.4 is 5.73 Å². The van der Waals surface area contributed by atoms with Crippen molar-refractivity contribution < 1.29 is 13.9 Å². The van der Waals surface area contributed by atoms with Crippen LogP contribution in [-0.2, 0) is 9.53 Å². The van der Waals surface area contributed by atoms with E-state index in [9.17, 15) is 14.4 Å². The maximum absolute atomic E-state index is 14.5. The van der Waals surface area contributed by atoms with E-state index in [-0.39, 0.29) is 45.2 Å². The summed E-state index contributed by atoms with van der Waals surface area (Å²) in [5.74, 6) is -1.40. The Morgan fingerprint density at radius 3 is 2.75 bits per heavy atom. The molecule has 0 unspecified atom stereocenters. The van der Waals surface area contributed by atoms with Crippen LogP contribution in [0.1, 0.15) is 38.2 Å². The van der Waals surface area contributed by atoms with Crippen molar-refractivity contribution in [3.05, 3.63) is 57.4 Å². The lowest BCUT2D eigenvalue weighted by Crippen LogP contribution is -2.33. The molecule has 1 aliphatic heterocycles. The van der Waals surface area contributed by atoms with E-state index in [0.717, 1.165) is 0 Å². The number of nitriles is 1. The van der Waals surface area contributed by atoms with E-state index in [1.165, 1.54) is 18.2 Å². The Balaban J connectivity index is 2.27. The minimum atomic E-state index is -0.934. The Morgan fingerprint density at radius 2 is 2.12 bits per heavy atom. The van der Waals surface area contributed by atoms with Gasteiger partial charge in [-0.05, 0) is 17.5 Å². The summed E-state index contributed by atoms with van der Waals surface area (Å²) in [5, 5.41) is 9.63. The fourth-order valence-electron chi connectivity index (χ4n) is 3.36. The minimum absolute atomic E-state index is 0.00815. The highest BCUT2D eigenvalue weighted by Crippen LogP contribution is 2.49. The number of benzene rings is 1. The molecule has 1 aromatic carbocycles. The Hall–Kier alpha value is -2.32. The van der Waals surface area contributed by atoms with E-state index >= 15 is 0 Å². The van der Waals surface area contributed by atoms with Gasteiger partial charge in [0.05, 0.1) is 5.92 Å². The fraction of sp³-hybridized carbons (Fsp3) is 0.333. The molecule has 0 aromatic heterocycles. The van der Waals surface area contributed by atoms with Gasteiger partial charge in [0.1, 0.15) is 23.2 Å². The number of carbonyl (C=O) groups is 1. The summed E-state index contributed by atoms with van der Waals surface area (Å²) in [5.41, 5.74) is 5.97. The Kier molecular flexibility index (Phi) is 3.89. The third-order valence-electron chi connectivity index (χ3n) is 4.36. The number of ketones is 1. The maximum atomic E-state index is 14.5. The molecule has 0 saturated heterocycles. The molecule has 1 atom stereocenters. The van der Waals surface area contributed by atoms with Gasteiger partial charge in [-0.3, -0.25) is 4.79 Å². The first-order valence-corrected chi connectivity index (χ1v) is 7.90. The molecule has 0 bridgehead atoms. The van der Waals surface area contributed by atoms with Crippen LogP contribution in [0, 0.1) is 22.6 Å². The zero-order valence-electron chi connectivity index (χ0n) is 13.3. The molecule has 3 rings (SSSR count). The first-order valence-electron chi connectivity index (χ1n) is 7.53. The van der Waals surface area contributed by atoms with Gasteiger partial charge in [0.15, 0.2) is 5.78 Å². The third kappa shape index (κ3) is 2.57. The topological polar surface area (TPSA) is 76.1 Å². The zero-order valence-corrected chi connectivity index (χ0v) is 14.1. The van der Waals surface area contributed by atoms with E-state index < -0.39 is 11.7 Å². The van der Waals surface area contributed by atoms with Gasteiger partial charge in [-0.15, -0.1) is 0 Å². The first kappa shape index (κ1) is 16.5. The number of carbonyl (C=O) groups excluding carboxylic acids is 1. The summed E-state index contributed by atoms with van der Waals surface area (Å²) in [6, 6.07) is 6.20. The van der Waals surface area contributed by atoms with Crippen LogP contribution in [-0.4, -0.2) is 5.78 Å². The van der Waals surface area contributed by atoms with E-state index in [1.54, 1.807) is 0 Å². The molecule has 0 saturated carbocycles. The summed E-state index contributed by atoms with van der Waals surface area (Å²) in [4.78, 5) is 12.7. The minimum Gasteiger partial charge on any atom is -0.444 e. The molecule has 124 valence electrons. The van der Waals surface area contributed by atoms with E-state index in [0.29, 0.717) is 12.2 Å². The summed E-state index contributed by atoms with van der Waals surface area (Å²) in [6.07, 6.45) is 0.770. The Bertz CT molecular complexity index is 829. The number of nitrogens with two attached hydrogens (primary N) is 1. The molecule has 1 aliphatic carbocycles. The van der Waals surface area contributed by atoms with Gasteiger partial charge in [-0.25, -0.2) is 4.39 Å². The van der Waals surface area contributed by atoms with Gasteiger partial charge in [-0.1, -0.05) is 31.5 Å². The number of halogens is 2. The van der Waals surface area contributed by atoms with Crippen LogP contribution in [0.2, 0.25) is 5.02 Å². The van der Waals surface area contributed by atoms with E-state index in [4.69, 9.17) is 22.1 Å².